The highest BCUT2D eigenvalue weighted by molar-refractivity contribution is 5.80. The molecule has 1 aliphatic rings. The van der Waals surface area contributed by atoms with Gasteiger partial charge in [-0.05, 0) is 23.6 Å². The molecule has 1 heterocycles. The molecule has 18 heavy (non-hydrogen) atoms. The number of halogens is 1. The van der Waals surface area contributed by atoms with Gasteiger partial charge in [0.15, 0.2) is 0 Å². The van der Waals surface area contributed by atoms with Crippen LogP contribution in [0.4, 0.5) is 4.39 Å². The minimum absolute atomic E-state index is 0.0160. The topological polar surface area (TPSA) is 46.3 Å². The van der Waals surface area contributed by atoms with Crippen molar-refractivity contribution in [3.63, 3.8) is 0 Å². The van der Waals surface area contributed by atoms with Crippen LogP contribution in [0.1, 0.15) is 19.4 Å². The minimum atomic E-state index is -0.306. The molecule has 1 amide bonds. The van der Waals surface area contributed by atoms with Gasteiger partial charge in [0.05, 0.1) is 12.0 Å². The molecule has 2 N–H and O–H groups in total. The van der Waals surface area contributed by atoms with Gasteiger partial charge in [-0.3, -0.25) is 4.79 Å². The Kier molecular flexibility index (Phi) is 3.39. The molecule has 3 nitrogen and oxygen atoms in total. The maximum atomic E-state index is 13.0. The molecule has 0 radical (unpaired) electrons. The van der Waals surface area contributed by atoms with Crippen LogP contribution >= 0.6 is 0 Å². The quantitative estimate of drug-likeness (QED) is 0.885. The maximum Gasteiger partial charge on any atom is 0.227 e. The number of carbonyl (C=O) groups is 1. The van der Waals surface area contributed by atoms with Gasteiger partial charge in [0, 0.05) is 13.1 Å². The maximum absolute atomic E-state index is 13.0. The third-order valence-electron chi connectivity index (χ3n) is 3.72. The molecule has 2 rings (SSSR count). The molecule has 0 unspecified atom stereocenters. The third-order valence-corrected chi connectivity index (χ3v) is 3.72. The molecule has 0 atom stereocenters. The molecule has 98 valence electrons. The zero-order valence-electron chi connectivity index (χ0n) is 10.8. The molecule has 1 saturated heterocycles. The van der Waals surface area contributed by atoms with Crippen molar-refractivity contribution in [2.45, 2.75) is 25.8 Å². The van der Waals surface area contributed by atoms with Crippen LogP contribution in [0, 0.1) is 11.7 Å². The first-order valence-electron chi connectivity index (χ1n) is 6.22. The van der Waals surface area contributed by atoms with E-state index in [2.05, 4.69) is 13.8 Å². The fraction of sp³-hybridized carbons (Fsp3) is 0.500. The lowest BCUT2D eigenvalue weighted by Gasteiger charge is -2.50. The summed E-state index contributed by atoms with van der Waals surface area (Å²) in [6.07, 6.45) is 0.242. The van der Waals surface area contributed by atoms with Crippen molar-refractivity contribution in [2.24, 2.45) is 11.7 Å². The van der Waals surface area contributed by atoms with Crippen molar-refractivity contribution in [1.82, 2.24) is 4.90 Å². The van der Waals surface area contributed by atoms with E-state index in [1.807, 2.05) is 0 Å². The Morgan fingerprint density at radius 2 is 2.17 bits per heavy atom. The second-order valence-electron chi connectivity index (χ2n) is 5.44. The summed E-state index contributed by atoms with van der Waals surface area (Å²) in [4.78, 5) is 13.7. The Hall–Kier alpha value is -1.42. The van der Waals surface area contributed by atoms with Crippen LogP contribution in [0.2, 0.25) is 0 Å². The van der Waals surface area contributed by atoms with E-state index in [4.69, 9.17) is 5.73 Å². The van der Waals surface area contributed by atoms with Gasteiger partial charge in [-0.1, -0.05) is 26.0 Å². The van der Waals surface area contributed by atoms with E-state index in [0.717, 1.165) is 0 Å². The van der Waals surface area contributed by atoms with Crippen molar-refractivity contribution < 1.29 is 9.18 Å². The molecule has 0 spiro atoms. The molecule has 1 aliphatic heterocycles. The molecule has 0 aromatic heterocycles. The van der Waals surface area contributed by atoms with Gasteiger partial charge in [0.2, 0.25) is 5.91 Å². The van der Waals surface area contributed by atoms with E-state index >= 15 is 0 Å². The van der Waals surface area contributed by atoms with E-state index in [0.29, 0.717) is 24.6 Å². The minimum Gasteiger partial charge on any atom is -0.339 e. The van der Waals surface area contributed by atoms with Gasteiger partial charge in [0.25, 0.3) is 0 Å². The number of carbonyl (C=O) groups excluding carboxylic acids is 1. The molecule has 1 aromatic carbocycles. The Morgan fingerprint density at radius 1 is 1.50 bits per heavy atom. The van der Waals surface area contributed by atoms with Crippen LogP contribution in [0.3, 0.4) is 0 Å². The van der Waals surface area contributed by atoms with Crippen molar-refractivity contribution in [2.75, 3.05) is 13.1 Å². The lowest BCUT2D eigenvalue weighted by Crippen LogP contribution is -2.71. The Morgan fingerprint density at radius 3 is 2.72 bits per heavy atom. The summed E-state index contributed by atoms with van der Waals surface area (Å²) in [5.74, 6) is 0.0670. The van der Waals surface area contributed by atoms with Crippen molar-refractivity contribution >= 4 is 5.91 Å². The number of likely N-dealkylation sites (tertiary alicyclic amines) is 1. The molecule has 0 bridgehead atoms. The first kappa shape index (κ1) is 13.0. The van der Waals surface area contributed by atoms with Gasteiger partial charge in [0.1, 0.15) is 5.82 Å². The van der Waals surface area contributed by atoms with Crippen LogP contribution in [-0.2, 0) is 11.2 Å². The number of amides is 1. The first-order valence-corrected chi connectivity index (χ1v) is 6.22. The Bertz CT molecular complexity index is 453. The summed E-state index contributed by atoms with van der Waals surface area (Å²) in [7, 11) is 0. The number of nitrogens with two attached hydrogens (primary N) is 1. The number of nitrogens with zero attached hydrogens (tertiary/aromatic N) is 1. The lowest BCUT2D eigenvalue weighted by atomic mass is 9.80. The average Bonchev–Trinajstić information content (AvgIpc) is 2.24. The van der Waals surface area contributed by atoms with Crippen LogP contribution in [-0.4, -0.2) is 29.4 Å². The standard InChI is InChI=1S/C14H19FN2O/c1-10(2)14(16)8-17(9-14)13(18)7-11-4-3-5-12(15)6-11/h3-6,10H,7-9,16H2,1-2H3. The SMILES string of the molecule is CC(C)C1(N)CN(C(=O)Cc2cccc(F)c2)C1. The molecule has 0 aliphatic carbocycles. The molecule has 4 heteroatoms. The number of hydrogen-bond donors (Lipinski definition) is 1. The van der Waals surface area contributed by atoms with E-state index in [9.17, 15) is 9.18 Å². The zero-order valence-corrected chi connectivity index (χ0v) is 10.8. The predicted molar refractivity (Wildman–Crippen MR) is 68.4 cm³/mol. The second kappa shape index (κ2) is 4.69. The molecule has 0 saturated carbocycles. The van der Waals surface area contributed by atoms with Crippen LogP contribution in [0.5, 0.6) is 0 Å². The lowest BCUT2D eigenvalue weighted by molar-refractivity contribution is -0.139. The highest BCUT2D eigenvalue weighted by atomic mass is 19.1. The van der Waals surface area contributed by atoms with Crippen LogP contribution in [0.25, 0.3) is 0 Å². The van der Waals surface area contributed by atoms with Gasteiger partial charge in [-0.15, -0.1) is 0 Å². The fourth-order valence-electron chi connectivity index (χ4n) is 2.14. The van der Waals surface area contributed by atoms with Crippen LogP contribution < -0.4 is 5.73 Å². The van der Waals surface area contributed by atoms with Crippen LogP contribution in [0.15, 0.2) is 24.3 Å². The van der Waals surface area contributed by atoms with Gasteiger partial charge >= 0.3 is 0 Å². The van der Waals surface area contributed by atoms with E-state index in [-0.39, 0.29) is 23.7 Å². The Balaban J connectivity index is 1.92. The second-order valence-corrected chi connectivity index (χ2v) is 5.44. The summed E-state index contributed by atoms with van der Waals surface area (Å²) in [5.41, 5.74) is 6.59. The van der Waals surface area contributed by atoms with Gasteiger partial charge in [-0.25, -0.2) is 4.39 Å². The summed E-state index contributed by atoms with van der Waals surface area (Å²) >= 11 is 0. The van der Waals surface area contributed by atoms with Crippen molar-refractivity contribution in [3.05, 3.63) is 35.6 Å². The van der Waals surface area contributed by atoms with Crippen molar-refractivity contribution in [1.29, 1.82) is 0 Å². The summed E-state index contributed by atoms with van der Waals surface area (Å²) in [5, 5.41) is 0. The van der Waals surface area contributed by atoms with E-state index in [1.54, 1.807) is 17.0 Å². The summed E-state index contributed by atoms with van der Waals surface area (Å²) < 4.78 is 13.0. The molecule has 1 fully saturated rings. The third kappa shape index (κ3) is 2.53. The van der Waals surface area contributed by atoms with Gasteiger partial charge in [-0.2, -0.15) is 0 Å². The summed E-state index contributed by atoms with van der Waals surface area (Å²) in [6, 6.07) is 6.16. The normalized spacial score (nSPS) is 17.7. The molecule has 1 aromatic rings. The highest BCUT2D eigenvalue weighted by Crippen LogP contribution is 2.26. The fourth-order valence-corrected chi connectivity index (χ4v) is 2.14. The van der Waals surface area contributed by atoms with Gasteiger partial charge < -0.3 is 10.6 Å². The van der Waals surface area contributed by atoms with E-state index in [1.165, 1.54) is 12.1 Å². The van der Waals surface area contributed by atoms with E-state index < -0.39 is 0 Å². The Labute approximate surface area is 107 Å². The predicted octanol–water partition coefficient (Wildman–Crippen LogP) is 1.56. The molecular weight excluding hydrogens is 231 g/mol. The zero-order chi connectivity index (χ0) is 13.3. The van der Waals surface area contributed by atoms with Crippen molar-refractivity contribution in [3.8, 4) is 0 Å². The number of rotatable bonds is 3. The first-order chi connectivity index (χ1) is 8.40. The average molecular weight is 250 g/mol. The molecular formula is C14H19FN2O. The number of hydrogen-bond acceptors (Lipinski definition) is 2. The largest absolute Gasteiger partial charge is 0.339 e. The smallest absolute Gasteiger partial charge is 0.227 e. The summed E-state index contributed by atoms with van der Waals surface area (Å²) in [6.45, 7) is 5.32. The number of benzene rings is 1. The highest BCUT2D eigenvalue weighted by Gasteiger charge is 2.43. The monoisotopic (exact) mass is 250 g/mol.